The summed E-state index contributed by atoms with van der Waals surface area (Å²) in [4.78, 5) is 10.9. The van der Waals surface area contributed by atoms with Crippen LogP contribution < -0.4 is 5.32 Å². The van der Waals surface area contributed by atoms with Crippen LogP contribution in [0.3, 0.4) is 0 Å². The zero-order valence-corrected chi connectivity index (χ0v) is 16.5. The highest BCUT2D eigenvalue weighted by molar-refractivity contribution is 7.89. The van der Waals surface area contributed by atoms with Gasteiger partial charge in [0.1, 0.15) is 16.2 Å². The number of halogens is 3. The lowest BCUT2D eigenvalue weighted by Crippen LogP contribution is -2.24. The molecule has 0 unspecified atom stereocenters. The van der Waals surface area contributed by atoms with Crippen molar-refractivity contribution in [2.24, 2.45) is 0 Å². The molecule has 1 rings (SSSR count). The van der Waals surface area contributed by atoms with Crippen LogP contribution >= 0.6 is 0 Å². The van der Waals surface area contributed by atoms with E-state index >= 15 is 0 Å². The number of nitrogens with zero attached hydrogens (tertiary/aromatic N) is 1. The van der Waals surface area contributed by atoms with Crippen molar-refractivity contribution < 1.29 is 36.6 Å². The van der Waals surface area contributed by atoms with Gasteiger partial charge in [0.05, 0.1) is 5.69 Å². The number of carbonyl (C=O) groups is 1. The Bertz CT molecular complexity index is 780. The summed E-state index contributed by atoms with van der Waals surface area (Å²) in [5, 5.41) is 21.8. The molecule has 0 aliphatic heterocycles. The fourth-order valence-corrected chi connectivity index (χ4v) is 3.56. The van der Waals surface area contributed by atoms with E-state index in [1.54, 1.807) is 0 Å². The normalized spacial score (nSPS) is 12.4. The third kappa shape index (κ3) is 7.19. The number of benzene rings is 1. The van der Waals surface area contributed by atoms with Crippen molar-refractivity contribution in [3.63, 3.8) is 0 Å². The molecule has 0 aromatic heterocycles. The van der Waals surface area contributed by atoms with Gasteiger partial charge in [-0.15, -0.1) is 0 Å². The molecule has 11 heteroatoms. The first-order valence-electron chi connectivity index (χ1n) is 8.69. The van der Waals surface area contributed by atoms with Crippen LogP contribution in [0.25, 0.3) is 0 Å². The van der Waals surface area contributed by atoms with E-state index in [0.717, 1.165) is 16.4 Å². The van der Waals surface area contributed by atoms with E-state index in [0.29, 0.717) is 32.2 Å². The third-order valence-corrected chi connectivity index (χ3v) is 5.89. The van der Waals surface area contributed by atoms with Crippen molar-refractivity contribution in [2.45, 2.75) is 49.6 Å². The zero-order chi connectivity index (χ0) is 21.5. The van der Waals surface area contributed by atoms with Gasteiger partial charge in [-0.1, -0.05) is 19.3 Å². The fourth-order valence-electron chi connectivity index (χ4n) is 2.49. The topological polar surface area (TPSA) is 107 Å². The van der Waals surface area contributed by atoms with Gasteiger partial charge in [0.2, 0.25) is 10.0 Å². The van der Waals surface area contributed by atoms with Gasteiger partial charge in [-0.2, -0.15) is 13.2 Å². The quantitative estimate of drug-likeness (QED) is 0.466. The van der Waals surface area contributed by atoms with Crippen molar-refractivity contribution in [1.29, 1.82) is 0 Å². The Hall–Kier alpha value is -2.01. The zero-order valence-electron chi connectivity index (χ0n) is 15.7. The minimum Gasteiger partial charge on any atom is -0.507 e. The van der Waals surface area contributed by atoms with Gasteiger partial charge in [0.15, 0.2) is 0 Å². The van der Waals surface area contributed by atoms with Gasteiger partial charge >= 0.3 is 12.1 Å². The average molecular weight is 426 g/mol. The van der Waals surface area contributed by atoms with Crippen LogP contribution in [0.5, 0.6) is 5.75 Å². The minimum atomic E-state index is -4.14. The van der Waals surface area contributed by atoms with E-state index in [2.05, 4.69) is 5.32 Å². The Balaban J connectivity index is 2.72. The van der Waals surface area contributed by atoms with Crippen LogP contribution in [0.4, 0.5) is 18.9 Å². The number of hydrogen-bond donors (Lipinski definition) is 3. The molecule has 0 saturated heterocycles. The van der Waals surface area contributed by atoms with Crippen LogP contribution in [-0.4, -0.2) is 55.7 Å². The standard InChI is InChI=1S/C17H25F3N2O5S/c1-22(2)28(26,27)15-10-12(16(24)25)14(23)11-13(15)21-9-7-5-3-4-6-8-17(18,19)20/h10-11,21,23H,3-9H2,1-2H3,(H,24,25). The van der Waals surface area contributed by atoms with Gasteiger partial charge in [-0.05, 0) is 18.9 Å². The average Bonchev–Trinajstić information content (AvgIpc) is 2.55. The van der Waals surface area contributed by atoms with E-state index in [1.807, 2.05) is 0 Å². The van der Waals surface area contributed by atoms with Gasteiger partial charge < -0.3 is 15.5 Å². The summed E-state index contributed by atoms with van der Waals surface area (Å²) in [6.45, 7) is 0.321. The second-order valence-electron chi connectivity index (χ2n) is 6.52. The summed E-state index contributed by atoms with van der Waals surface area (Å²) in [5.74, 6) is -2.03. The molecular formula is C17H25F3N2O5S. The van der Waals surface area contributed by atoms with E-state index in [-0.39, 0.29) is 17.0 Å². The summed E-state index contributed by atoms with van der Waals surface area (Å²) >= 11 is 0. The number of phenols is 1. The SMILES string of the molecule is CN(C)S(=O)(=O)c1cc(C(=O)O)c(O)cc1NCCCCCCCC(F)(F)F. The Morgan fingerprint density at radius 2 is 1.68 bits per heavy atom. The molecule has 1 aromatic rings. The number of nitrogens with one attached hydrogen (secondary N) is 1. The molecule has 0 aliphatic carbocycles. The van der Waals surface area contributed by atoms with Crippen LogP contribution in [-0.2, 0) is 10.0 Å². The highest BCUT2D eigenvalue weighted by Gasteiger charge is 2.26. The van der Waals surface area contributed by atoms with Crippen LogP contribution in [0.2, 0.25) is 0 Å². The van der Waals surface area contributed by atoms with E-state index in [9.17, 15) is 31.5 Å². The molecule has 0 bridgehead atoms. The molecule has 0 aliphatic rings. The maximum Gasteiger partial charge on any atom is 0.389 e. The lowest BCUT2D eigenvalue weighted by Gasteiger charge is -2.17. The van der Waals surface area contributed by atoms with Crippen molar-refractivity contribution >= 4 is 21.7 Å². The number of carboxylic acids is 1. The van der Waals surface area contributed by atoms with E-state index in [1.165, 1.54) is 14.1 Å². The minimum absolute atomic E-state index is 0.0632. The Kier molecular flexibility index (Phi) is 8.55. The first kappa shape index (κ1) is 24.0. The van der Waals surface area contributed by atoms with Crippen LogP contribution in [0.15, 0.2) is 17.0 Å². The number of alkyl halides is 3. The number of carboxylic acid groups (broad SMARTS) is 1. The van der Waals surface area contributed by atoms with Crippen molar-refractivity contribution in [1.82, 2.24) is 4.31 Å². The van der Waals surface area contributed by atoms with E-state index in [4.69, 9.17) is 5.11 Å². The molecule has 0 amide bonds. The maximum absolute atomic E-state index is 12.4. The second kappa shape index (κ2) is 9.97. The molecular weight excluding hydrogens is 401 g/mol. The van der Waals surface area contributed by atoms with Crippen LogP contribution in [0, 0.1) is 0 Å². The molecule has 0 fully saturated rings. The molecule has 0 saturated carbocycles. The fraction of sp³-hybridized carbons (Fsp3) is 0.588. The Morgan fingerprint density at radius 1 is 1.11 bits per heavy atom. The van der Waals surface area contributed by atoms with Gasteiger partial charge in [-0.3, -0.25) is 0 Å². The number of rotatable bonds is 11. The lowest BCUT2D eigenvalue weighted by atomic mass is 10.1. The van der Waals surface area contributed by atoms with Crippen molar-refractivity contribution in [3.8, 4) is 5.75 Å². The summed E-state index contributed by atoms with van der Waals surface area (Å²) in [7, 11) is -1.36. The largest absolute Gasteiger partial charge is 0.507 e. The molecule has 0 heterocycles. The number of anilines is 1. The summed E-state index contributed by atoms with van der Waals surface area (Å²) in [6.07, 6.45) is -2.56. The molecule has 3 N–H and O–H groups in total. The predicted octanol–water partition coefficient (Wildman–Crippen LogP) is 3.66. The first-order valence-corrected chi connectivity index (χ1v) is 10.1. The summed E-state index contributed by atoms with van der Waals surface area (Å²) in [5.41, 5.74) is -0.469. The second-order valence-corrected chi connectivity index (χ2v) is 8.64. The number of aromatic carboxylic acids is 1. The number of aromatic hydroxyl groups is 1. The molecule has 0 spiro atoms. The Morgan fingerprint density at radius 3 is 2.21 bits per heavy atom. The molecule has 160 valence electrons. The third-order valence-electron chi connectivity index (χ3n) is 4.04. The Labute approximate surface area is 162 Å². The molecule has 1 aromatic carbocycles. The lowest BCUT2D eigenvalue weighted by molar-refractivity contribution is -0.135. The molecule has 28 heavy (non-hydrogen) atoms. The number of unbranched alkanes of at least 4 members (excludes halogenated alkanes) is 4. The van der Waals surface area contributed by atoms with Crippen LogP contribution in [0.1, 0.15) is 48.9 Å². The smallest absolute Gasteiger partial charge is 0.389 e. The van der Waals surface area contributed by atoms with Gasteiger partial charge in [-0.25, -0.2) is 17.5 Å². The highest BCUT2D eigenvalue weighted by atomic mass is 32.2. The summed E-state index contributed by atoms with van der Waals surface area (Å²) in [6, 6.07) is 1.94. The summed E-state index contributed by atoms with van der Waals surface area (Å²) < 4.78 is 62.0. The maximum atomic E-state index is 12.4. The monoisotopic (exact) mass is 426 g/mol. The van der Waals surface area contributed by atoms with Gasteiger partial charge in [0, 0.05) is 33.1 Å². The first-order chi connectivity index (χ1) is 12.9. The highest BCUT2D eigenvalue weighted by Crippen LogP contribution is 2.31. The van der Waals surface area contributed by atoms with Crippen molar-refractivity contribution in [3.05, 3.63) is 17.7 Å². The molecule has 0 atom stereocenters. The van der Waals surface area contributed by atoms with Crippen molar-refractivity contribution in [2.75, 3.05) is 26.0 Å². The molecule has 7 nitrogen and oxygen atoms in total. The van der Waals surface area contributed by atoms with Gasteiger partial charge in [0.25, 0.3) is 0 Å². The number of sulfonamides is 1. The predicted molar refractivity (Wildman–Crippen MR) is 98.2 cm³/mol. The molecule has 0 radical (unpaired) electrons. The number of hydrogen-bond acceptors (Lipinski definition) is 5. The van der Waals surface area contributed by atoms with E-state index < -0.39 is 39.9 Å².